The van der Waals surface area contributed by atoms with Crippen molar-refractivity contribution >= 4 is 35.1 Å². The highest BCUT2D eigenvalue weighted by molar-refractivity contribution is 6.30. The summed E-state index contributed by atoms with van der Waals surface area (Å²) in [5.41, 5.74) is 1.86. The molecule has 1 aromatic heterocycles. The van der Waals surface area contributed by atoms with Crippen molar-refractivity contribution in [1.82, 2.24) is 20.1 Å². The number of non-ortho nitro benzene ring substituents is 1. The fourth-order valence-electron chi connectivity index (χ4n) is 4.87. The molecule has 40 heavy (non-hydrogen) atoms. The van der Waals surface area contributed by atoms with E-state index < -0.39 is 23.0 Å². The first-order chi connectivity index (χ1) is 19.2. The van der Waals surface area contributed by atoms with Crippen LogP contribution in [0.25, 0.3) is 0 Å². The summed E-state index contributed by atoms with van der Waals surface area (Å²) in [6.45, 7) is 4.15. The largest absolute Gasteiger partial charge is 0.490 e. The number of nitrogens with one attached hydrogen (secondary N) is 1. The van der Waals surface area contributed by atoms with Crippen molar-refractivity contribution in [2.45, 2.75) is 32.0 Å². The molecular weight excluding hydrogens is 536 g/mol. The molecule has 2 aliphatic rings. The van der Waals surface area contributed by atoms with E-state index in [9.17, 15) is 19.7 Å². The van der Waals surface area contributed by atoms with Crippen LogP contribution in [-0.2, 0) is 4.79 Å². The highest BCUT2D eigenvalue weighted by atomic mass is 35.5. The normalized spacial score (nSPS) is 18.9. The second-order valence-electron chi connectivity index (χ2n) is 9.70. The van der Waals surface area contributed by atoms with Crippen LogP contribution < -0.4 is 10.1 Å². The Bertz CT molecular complexity index is 1460. The van der Waals surface area contributed by atoms with E-state index in [1.165, 1.54) is 17.0 Å². The van der Waals surface area contributed by atoms with E-state index in [1.54, 1.807) is 35.5 Å². The fourth-order valence-corrected chi connectivity index (χ4v) is 5.00. The molecule has 0 bridgehead atoms. The molecule has 3 heterocycles. The highest BCUT2D eigenvalue weighted by Gasteiger charge is 2.45. The van der Waals surface area contributed by atoms with Gasteiger partial charge in [-0.2, -0.15) is 0 Å². The molecule has 1 N–H and O–H groups in total. The van der Waals surface area contributed by atoms with Crippen molar-refractivity contribution in [3.8, 4) is 5.75 Å². The van der Waals surface area contributed by atoms with Gasteiger partial charge in [-0.25, -0.2) is 4.79 Å². The molecule has 0 aliphatic carbocycles. The molecule has 1 saturated heterocycles. The number of carbonyl (C=O) groups excluding carboxylic acids is 2. The number of pyridine rings is 1. The zero-order valence-corrected chi connectivity index (χ0v) is 22.6. The molecule has 0 saturated carbocycles. The van der Waals surface area contributed by atoms with E-state index in [-0.39, 0.29) is 35.8 Å². The first-order valence-electron chi connectivity index (χ1n) is 12.8. The number of hydrogen-bond acceptors (Lipinski definition) is 7. The SMILES string of the molecule is CC(C)Oc1cc([N+](=O)[O-])ccc1C1=N[C@@H](c2ccncc2)[C@@H](c2ccc(Cl)cc2)N1C(=O)N1CCNC(=O)C1. The van der Waals surface area contributed by atoms with E-state index in [1.807, 2.05) is 38.1 Å². The molecule has 0 spiro atoms. The van der Waals surface area contributed by atoms with Crippen molar-refractivity contribution in [2.75, 3.05) is 19.6 Å². The average Bonchev–Trinajstić information content (AvgIpc) is 3.33. The maximum atomic E-state index is 14.3. The van der Waals surface area contributed by atoms with E-state index in [4.69, 9.17) is 21.3 Å². The lowest BCUT2D eigenvalue weighted by Gasteiger charge is -2.35. The predicted octanol–water partition coefficient (Wildman–Crippen LogP) is 4.53. The third kappa shape index (κ3) is 5.46. The number of amidine groups is 1. The second-order valence-corrected chi connectivity index (χ2v) is 10.1. The van der Waals surface area contributed by atoms with Crippen LogP contribution in [0.15, 0.2) is 72.0 Å². The molecule has 11 nitrogen and oxygen atoms in total. The summed E-state index contributed by atoms with van der Waals surface area (Å²) in [4.78, 5) is 49.8. The van der Waals surface area contributed by atoms with E-state index in [0.717, 1.165) is 11.1 Å². The quantitative estimate of drug-likeness (QED) is 0.347. The minimum atomic E-state index is -0.616. The number of nitro groups is 1. The molecule has 206 valence electrons. The minimum Gasteiger partial charge on any atom is -0.490 e. The summed E-state index contributed by atoms with van der Waals surface area (Å²) in [6, 6.07) is 13.5. The Balaban J connectivity index is 1.71. The van der Waals surface area contributed by atoms with Gasteiger partial charge < -0.3 is 15.0 Å². The number of benzene rings is 2. The van der Waals surface area contributed by atoms with Gasteiger partial charge in [-0.05, 0) is 55.3 Å². The second kappa shape index (κ2) is 11.3. The number of halogens is 1. The molecule has 3 aromatic rings. The molecule has 3 amide bonds. The fraction of sp³-hybridized carbons (Fsp3) is 0.286. The van der Waals surface area contributed by atoms with Crippen molar-refractivity contribution in [3.05, 3.63) is 98.8 Å². The molecule has 12 heteroatoms. The van der Waals surface area contributed by atoms with Crippen LogP contribution in [0, 0.1) is 10.1 Å². The molecular formula is C28H27ClN6O5. The maximum Gasteiger partial charge on any atom is 0.326 e. The van der Waals surface area contributed by atoms with Gasteiger partial charge in [0.05, 0.1) is 28.7 Å². The first-order valence-corrected chi connectivity index (χ1v) is 13.1. The molecule has 2 atom stereocenters. The summed E-state index contributed by atoms with van der Waals surface area (Å²) in [6.07, 6.45) is 3.00. The van der Waals surface area contributed by atoms with Crippen LogP contribution in [0.1, 0.15) is 42.6 Å². The lowest BCUT2D eigenvalue weighted by molar-refractivity contribution is -0.384. The number of aromatic nitrogens is 1. The maximum absolute atomic E-state index is 14.3. The number of nitrogens with zero attached hydrogens (tertiary/aromatic N) is 5. The summed E-state index contributed by atoms with van der Waals surface area (Å²) in [7, 11) is 0. The smallest absolute Gasteiger partial charge is 0.326 e. The predicted molar refractivity (Wildman–Crippen MR) is 148 cm³/mol. The third-order valence-corrected chi connectivity index (χ3v) is 6.87. The molecule has 0 radical (unpaired) electrons. The average molecular weight is 563 g/mol. The topological polar surface area (TPSA) is 130 Å². The van der Waals surface area contributed by atoms with Crippen LogP contribution in [-0.4, -0.2) is 63.2 Å². The van der Waals surface area contributed by atoms with Gasteiger partial charge in [0.2, 0.25) is 5.91 Å². The lowest BCUT2D eigenvalue weighted by atomic mass is 9.94. The van der Waals surface area contributed by atoms with Crippen LogP contribution in [0.5, 0.6) is 5.75 Å². The number of urea groups is 1. The standard InChI is InChI=1S/C28H27ClN6O5/c1-17(2)40-23-15-21(35(38)39)7-8-22(23)27-32-25(18-9-11-30-12-10-18)26(19-3-5-20(29)6-4-19)34(27)28(37)33-14-13-31-24(36)16-33/h3-12,15,17,25-26H,13-14,16H2,1-2H3,(H,31,36)/t25-,26+/m0/s1. The van der Waals surface area contributed by atoms with Crippen LogP contribution >= 0.6 is 11.6 Å². The Morgan fingerprint density at radius 1 is 1.12 bits per heavy atom. The Kier molecular flexibility index (Phi) is 7.65. The molecule has 1 fully saturated rings. The zero-order valence-electron chi connectivity index (χ0n) is 21.9. The van der Waals surface area contributed by atoms with Gasteiger partial charge in [0.25, 0.3) is 5.69 Å². The van der Waals surface area contributed by atoms with Gasteiger partial charge in [-0.1, -0.05) is 23.7 Å². The number of aliphatic imine (C=N–C) groups is 1. The van der Waals surface area contributed by atoms with Gasteiger partial charge in [0.15, 0.2) is 0 Å². The highest BCUT2D eigenvalue weighted by Crippen LogP contribution is 2.45. The van der Waals surface area contributed by atoms with Crippen LogP contribution in [0.3, 0.4) is 0 Å². The number of amides is 3. The van der Waals surface area contributed by atoms with Crippen LogP contribution in [0.2, 0.25) is 5.02 Å². The Morgan fingerprint density at radius 2 is 1.85 bits per heavy atom. The van der Waals surface area contributed by atoms with E-state index in [0.29, 0.717) is 23.7 Å². The number of hydrogen-bond donors (Lipinski definition) is 1. The zero-order chi connectivity index (χ0) is 28.4. The van der Waals surface area contributed by atoms with E-state index >= 15 is 0 Å². The lowest BCUT2D eigenvalue weighted by Crippen LogP contribution is -2.55. The van der Waals surface area contributed by atoms with Gasteiger partial charge in [0.1, 0.15) is 24.2 Å². The first kappa shape index (κ1) is 27.1. The molecule has 2 aromatic carbocycles. The molecule has 0 unspecified atom stereocenters. The van der Waals surface area contributed by atoms with Crippen molar-refractivity contribution < 1.29 is 19.2 Å². The number of ether oxygens (including phenoxy) is 1. The van der Waals surface area contributed by atoms with Crippen LogP contribution in [0.4, 0.5) is 10.5 Å². The Labute approximate surface area is 235 Å². The Hall–Kier alpha value is -4.51. The van der Waals surface area contributed by atoms with Gasteiger partial charge in [0, 0.05) is 36.6 Å². The van der Waals surface area contributed by atoms with Crippen molar-refractivity contribution in [3.63, 3.8) is 0 Å². The van der Waals surface area contributed by atoms with Gasteiger partial charge >= 0.3 is 6.03 Å². The number of piperazine rings is 1. The molecule has 5 rings (SSSR count). The summed E-state index contributed by atoms with van der Waals surface area (Å²) < 4.78 is 6.01. The summed E-state index contributed by atoms with van der Waals surface area (Å²) in [5.74, 6) is 0.246. The summed E-state index contributed by atoms with van der Waals surface area (Å²) >= 11 is 6.20. The third-order valence-electron chi connectivity index (χ3n) is 6.62. The van der Waals surface area contributed by atoms with Crippen molar-refractivity contribution in [1.29, 1.82) is 0 Å². The number of nitro benzene ring substituents is 1. The minimum absolute atomic E-state index is 0.106. The Morgan fingerprint density at radius 3 is 2.50 bits per heavy atom. The van der Waals surface area contributed by atoms with E-state index in [2.05, 4.69) is 10.3 Å². The van der Waals surface area contributed by atoms with Crippen molar-refractivity contribution in [2.24, 2.45) is 4.99 Å². The monoisotopic (exact) mass is 562 g/mol. The molecule has 2 aliphatic heterocycles. The number of carbonyl (C=O) groups is 2. The van der Waals surface area contributed by atoms with Gasteiger partial charge in [-0.15, -0.1) is 0 Å². The van der Waals surface area contributed by atoms with Gasteiger partial charge in [-0.3, -0.25) is 29.8 Å². The number of rotatable bonds is 6. The summed E-state index contributed by atoms with van der Waals surface area (Å²) in [5, 5.41) is 14.9.